The molecular formula is C18H29IN4. The number of nitrogens with zero attached hydrogens (tertiary/aromatic N) is 2. The molecule has 23 heavy (non-hydrogen) atoms. The number of nitrogens with one attached hydrogen (secondary N) is 2. The Morgan fingerprint density at radius 2 is 1.83 bits per heavy atom. The molecule has 2 atom stereocenters. The number of guanidine groups is 1. The van der Waals surface area contributed by atoms with Crippen LogP contribution in [0.4, 0.5) is 0 Å². The van der Waals surface area contributed by atoms with E-state index in [1.165, 1.54) is 24.8 Å². The standard InChI is InChI=1S/C18H28N4.HI/c1-14-12-17(14)21-18(19-2)20-16-8-10-22(11-9-16)13-15-6-4-3-5-7-15;/h3-7,14,16-17H,8-13H2,1-2H3,(H2,19,20,21);1H. The van der Waals surface area contributed by atoms with Crippen molar-refractivity contribution in [1.29, 1.82) is 0 Å². The van der Waals surface area contributed by atoms with E-state index in [-0.39, 0.29) is 24.0 Å². The zero-order valence-electron chi connectivity index (χ0n) is 14.2. The van der Waals surface area contributed by atoms with Gasteiger partial charge in [-0.2, -0.15) is 0 Å². The highest BCUT2D eigenvalue weighted by molar-refractivity contribution is 14.0. The molecule has 1 saturated carbocycles. The van der Waals surface area contributed by atoms with Gasteiger partial charge in [0.2, 0.25) is 0 Å². The molecule has 0 amide bonds. The van der Waals surface area contributed by atoms with Gasteiger partial charge in [0.1, 0.15) is 0 Å². The van der Waals surface area contributed by atoms with E-state index in [4.69, 9.17) is 0 Å². The molecular weight excluding hydrogens is 399 g/mol. The third-order valence-electron chi connectivity index (χ3n) is 4.83. The minimum Gasteiger partial charge on any atom is -0.354 e. The largest absolute Gasteiger partial charge is 0.354 e. The molecule has 1 aliphatic carbocycles. The fourth-order valence-electron chi connectivity index (χ4n) is 3.14. The lowest BCUT2D eigenvalue weighted by Gasteiger charge is -2.33. The first-order chi connectivity index (χ1) is 10.7. The summed E-state index contributed by atoms with van der Waals surface area (Å²) in [5.74, 6) is 1.78. The Bertz CT molecular complexity index is 497. The summed E-state index contributed by atoms with van der Waals surface area (Å²) < 4.78 is 0. The summed E-state index contributed by atoms with van der Waals surface area (Å²) in [4.78, 5) is 6.91. The summed E-state index contributed by atoms with van der Waals surface area (Å²) in [6.45, 7) is 5.67. The van der Waals surface area contributed by atoms with E-state index >= 15 is 0 Å². The van der Waals surface area contributed by atoms with E-state index in [2.05, 4.69) is 57.8 Å². The number of piperidine rings is 1. The first kappa shape index (κ1) is 18.5. The first-order valence-electron chi connectivity index (χ1n) is 8.50. The maximum Gasteiger partial charge on any atom is 0.191 e. The van der Waals surface area contributed by atoms with Gasteiger partial charge in [-0.25, -0.2) is 0 Å². The SMILES string of the molecule is CN=C(NC1CCN(Cc2ccccc2)CC1)NC1CC1C.I. The molecule has 2 N–H and O–H groups in total. The van der Waals surface area contributed by atoms with Crippen molar-refractivity contribution >= 4 is 29.9 Å². The van der Waals surface area contributed by atoms with Crippen molar-refractivity contribution in [3.8, 4) is 0 Å². The molecule has 3 rings (SSSR count). The summed E-state index contributed by atoms with van der Waals surface area (Å²) in [6.07, 6.45) is 3.65. The second kappa shape index (κ2) is 8.87. The zero-order chi connectivity index (χ0) is 15.4. The van der Waals surface area contributed by atoms with Gasteiger partial charge in [-0.05, 0) is 30.7 Å². The lowest BCUT2D eigenvalue weighted by molar-refractivity contribution is 0.198. The van der Waals surface area contributed by atoms with Crippen molar-refractivity contribution in [2.45, 2.75) is 44.8 Å². The fraction of sp³-hybridized carbons (Fsp3) is 0.611. The Kier molecular flexibility index (Phi) is 7.14. The van der Waals surface area contributed by atoms with Crippen LogP contribution in [0.5, 0.6) is 0 Å². The van der Waals surface area contributed by atoms with Crippen molar-refractivity contribution in [2.75, 3.05) is 20.1 Å². The van der Waals surface area contributed by atoms with Gasteiger partial charge in [-0.15, -0.1) is 24.0 Å². The molecule has 1 heterocycles. The van der Waals surface area contributed by atoms with Crippen molar-refractivity contribution in [1.82, 2.24) is 15.5 Å². The van der Waals surface area contributed by atoms with E-state index in [0.717, 1.165) is 31.5 Å². The molecule has 1 aromatic carbocycles. The molecule has 1 saturated heterocycles. The molecule has 1 aliphatic heterocycles. The van der Waals surface area contributed by atoms with Gasteiger partial charge < -0.3 is 10.6 Å². The average molecular weight is 428 g/mol. The van der Waals surface area contributed by atoms with Crippen molar-refractivity contribution in [2.24, 2.45) is 10.9 Å². The summed E-state index contributed by atoms with van der Waals surface area (Å²) in [6, 6.07) is 11.9. The van der Waals surface area contributed by atoms with Gasteiger partial charge in [0, 0.05) is 38.8 Å². The molecule has 0 radical (unpaired) electrons. The minimum atomic E-state index is 0. The molecule has 0 spiro atoms. The zero-order valence-corrected chi connectivity index (χ0v) is 16.5. The van der Waals surface area contributed by atoms with Crippen LogP contribution in [0.1, 0.15) is 31.7 Å². The van der Waals surface area contributed by atoms with Crippen LogP contribution in [-0.4, -0.2) is 43.1 Å². The number of aliphatic imine (C=N–C) groups is 1. The Balaban J connectivity index is 0.00000192. The van der Waals surface area contributed by atoms with Gasteiger partial charge >= 0.3 is 0 Å². The lowest BCUT2D eigenvalue weighted by Crippen LogP contribution is -2.49. The quantitative estimate of drug-likeness (QED) is 0.440. The molecule has 4 nitrogen and oxygen atoms in total. The van der Waals surface area contributed by atoms with E-state index in [1.54, 1.807) is 0 Å². The van der Waals surface area contributed by atoms with Gasteiger partial charge in [0.15, 0.2) is 5.96 Å². The van der Waals surface area contributed by atoms with Crippen LogP contribution in [-0.2, 0) is 6.54 Å². The van der Waals surface area contributed by atoms with Crippen molar-refractivity contribution in [3.05, 3.63) is 35.9 Å². The summed E-state index contributed by atoms with van der Waals surface area (Å²) in [5, 5.41) is 7.11. The average Bonchev–Trinajstić information content (AvgIpc) is 3.24. The summed E-state index contributed by atoms with van der Waals surface area (Å²) in [5.41, 5.74) is 1.41. The Labute approximate surface area is 157 Å². The Morgan fingerprint density at radius 1 is 1.17 bits per heavy atom. The van der Waals surface area contributed by atoms with Gasteiger partial charge in [0.25, 0.3) is 0 Å². The predicted molar refractivity (Wildman–Crippen MR) is 107 cm³/mol. The van der Waals surface area contributed by atoms with Gasteiger partial charge in [-0.1, -0.05) is 37.3 Å². The molecule has 2 fully saturated rings. The second-order valence-electron chi connectivity index (χ2n) is 6.72. The van der Waals surface area contributed by atoms with Crippen molar-refractivity contribution < 1.29 is 0 Å². The molecule has 0 bridgehead atoms. The van der Waals surface area contributed by atoms with Crippen LogP contribution in [0.2, 0.25) is 0 Å². The number of hydrogen-bond acceptors (Lipinski definition) is 2. The van der Waals surface area contributed by atoms with E-state index < -0.39 is 0 Å². The molecule has 5 heteroatoms. The van der Waals surface area contributed by atoms with Gasteiger partial charge in [-0.3, -0.25) is 9.89 Å². The van der Waals surface area contributed by atoms with E-state index in [9.17, 15) is 0 Å². The molecule has 2 aliphatic rings. The Morgan fingerprint density at radius 3 is 2.39 bits per heavy atom. The van der Waals surface area contributed by atoms with Crippen LogP contribution >= 0.6 is 24.0 Å². The molecule has 1 aromatic rings. The van der Waals surface area contributed by atoms with Crippen LogP contribution in [0.25, 0.3) is 0 Å². The lowest BCUT2D eigenvalue weighted by atomic mass is 10.0. The van der Waals surface area contributed by atoms with E-state index in [1.807, 2.05) is 7.05 Å². The van der Waals surface area contributed by atoms with Crippen LogP contribution in [0.3, 0.4) is 0 Å². The first-order valence-corrected chi connectivity index (χ1v) is 8.50. The normalized spacial score (nSPS) is 25.6. The monoisotopic (exact) mass is 428 g/mol. The highest BCUT2D eigenvalue weighted by Gasteiger charge is 2.33. The molecule has 0 aromatic heterocycles. The predicted octanol–water partition coefficient (Wildman–Crippen LogP) is 2.84. The Hall–Kier alpha value is -0.820. The number of hydrogen-bond donors (Lipinski definition) is 2. The minimum absolute atomic E-state index is 0. The fourth-order valence-corrected chi connectivity index (χ4v) is 3.14. The highest BCUT2D eigenvalue weighted by Crippen LogP contribution is 2.28. The number of halogens is 1. The summed E-state index contributed by atoms with van der Waals surface area (Å²) in [7, 11) is 1.87. The molecule has 2 unspecified atom stereocenters. The summed E-state index contributed by atoms with van der Waals surface area (Å²) >= 11 is 0. The number of likely N-dealkylation sites (tertiary alicyclic amines) is 1. The topological polar surface area (TPSA) is 39.7 Å². The molecule has 128 valence electrons. The van der Waals surface area contributed by atoms with E-state index in [0.29, 0.717) is 12.1 Å². The van der Waals surface area contributed by atoms with Crippen LogP contribution < -0.4 is 10.6 Å². The van der Waals surface area contributed by atoms with Crippen LogP contribution in [0.15, 0.2) is 35.3 Å². The smallest absolute Gasteiger partial charge is 0.191 e. The second-order valence-corrected chi connectivity index (χ2v) is 6.72. The third kappa shape index (κ3) is 5.64. The van der Waals surface area contributed by atoms with Gasteiger partial charge in [0.05, 0.1) is 0 Å². The maximum absolute atomic E-state index is 4.36. The highest BCUT2D eigenvalue weighted by atomic mass is 127. The number of benzene rings is 1. The van der Waals surface area contributed by atoms with Crippen molar-refractivity contribution in [3.63, 3.8) is 0 Å². The third-order valence-corrected chi connectivity index (χ3v) is 4.83. The number of rotatable bonds is 4. The maximum atomic E-state index is 4.36. The van der Waals surface area contributed by atoms with Crippen LogP contribution in [0, 0.1) is 5.92 Å².